The Morgan fingerprint density at radius 2 is 1.77 bits per heavy atom. The van der Waals surface area contributed by atoms with Gasteiger partial charge in [0.05, 0.1) is 18.4 Å². The molecule has 11 heteroatoms. The number of nitrogens with zero attached hydrogens (tertiary/aromatic N) is 1. The number of anilines is 2. The fourth-order valence-corrected chi connectivity index (χ4v) is 5.09. The van der Waals surface area contributed by atoms with Gasteiger partial charge in [0, 0.05) is 10.7 Å². The fraction of sp³-hybridized carbons (Fsp3) is 0.208. The lowest BCUT2D eigenvalue weighted by molar-refractivity contribution is -0.137. The number of carbonyl (C=O) groups excluding carboxylic acids is 1. The van der Waals surface area contributed by atoms with Crippen LogP contribution in [0.15, 0.2) is 65.6 Å². The smallest absolute Gasteiger partial charge is 0.416 e. The summed E-state index contributed by atoms with van der Waals surface area (Å²) in [5.74, 6) is -0.796. The van der Waals surface area contributed by atoms with Crippen LogP contribution in [0.4, 0.5) is 24.5 Å². The van der Waals surface area contributed by atoms with Crippen LogP contribution in [0.2, 0.25) is 5.02 Å². The van der Waals surface area contributed by atoms with Crippen LogP contribution in [0.5, 0.6) is 5.75 Å². The van der Waals surface area contributed by atoms with Crippen molar-refractivity contribution in [2.75, 3.05) is 23.3 Å². The summed E-state index contributed by atoms with van der Waals surface area (Å²) in [6.45, 7) is 2.62. The normalized spacial score (nSPS) is 11.7. The van der Waals surface area contributed by atoms with Crippen molar-refractivity contribution in [2.45, 2.75) is 24.9 Å². The minimum Gasteiger partial charge on any atom is -0.495 e. The zero-order chi connectivity index (χ0) is 26.0. The predicted octanol–water partition coefficient (Wildman–Crippen LogP) is 5.82. The van der Waals surface area contributed by atoms with Gasteiger partial charge in [0.2, 0.25) is 5.91 Å². The number of rotatable bonds is 7. The maximum absolute atomic E-state index is 13.7. The molecule has 0 fully saturated rings. The number of sulfonamides is 1. The molecular weight excluding hydrogens is 505 g/mol. The van der Waals surface area contributed by atoms with E-state index in [1.54, 1.807) is 32.0 Å². The van der Waals surface area contributed by atoms with Crippen LogP contribution in [-0.4, -0.2) is 28.0 Å². The van der Waals surface area contributed by atoms with E-state index in [1.807, 2.05) is 0 Å². The molecule has 35 heavy (non-hydrogen) atoms. The summed E-state index contributed by atoms with van der Waals surface area (Å²) in [4.78, 5) is 12.6. The summed E-state index contributed by atoms with van der Waals surface area (Å²) in [5, 5.41) is 2.92. The number of benzene rings is 3. The Kier molecular flexibility index (Phi) is 7.66. The van der Waals surface area contributed by atoms with Crippen molar-refractivity contribution in [1.82, 2.24) is 0 Å². The van der Waals surface area contributed by atoms with Gasteiger partial charge >= 0.3 is 6.18 Å². The molecular formula is C24H22ClF3N2O4S. The fourth-order valence-electron chi connectivity index (χ4n) is 3.26. The van der Waals surface area contributed by atoms with Gasteiger partial charge in [0.25, 0.3) is 10.0 Å². The highest BCUT2D eigenvalue weighted by Crippen LogP contribution is 2.35. The van der Waals surface area contributed by atoms with Crippen molar-refractivity contribution in [3.63, 3.8) is 0 Å². The van der Waals surface area contributed by atoms with Crippen LogP contribution < -0.4 is 14.4 Å². The number of nitrogens with one attached hydrogen (secondary N) is 1. The molecule has 0 saturated heterocycles. The van der Waals surface area contributed by atoms with E-state index < -0.39 is 34.2 Å². The number of halogens is 4. The second kappa shape index (κ2) is 10.2. The third-order valence-electron chi connectivity index (χ3n) is 5.09. The Morgan fingerprint density at radius 1 is 1.06 bits per heavy atom. The van der Waals surface area contributed by atoms with Gasteiger partial charge < -0.3 is 10.1 Å². The summed E-state index contributed by atoms with van der Waals surface area (Å²) >= 11 is 6.08. The van der Waals surface area contributed by atoms with E-state index in [-0.39, 0.29) is 16.3 Å². The van der Waals surface area contributed by atoms with Gasteiger partial charge in [-0.2, -0.15) is 13.2 Å². The van der Waals surface area contributed by atoms with E-state index in [9.17, 15) is 26.4 Å². The lowest BCUT2D eigenvalue weighted by Crippen LogP contribution is -2.38. The maximum atomic E-state index is 13.7. The van der Waals surface area contributed by atoms with E-state index in [4.69, 9.17) is 16.3 Å². The van der Waals surface area contributed by atoms with Gasteiger partial charge in [0.1, 0.15) is 17.2 Å². The zero-order valence-electron chi connectivity index (χ0n) is 19.0. The number of hydrogen-bond donors (Lipinski definition) is 1. The first kappa shape index (κ1) is 26.4. The minimum atomic E-state index is -4.71. The van der Waals surface area contributed by atoms with E-state index in [0.717, 1.165) is 17.7 Å². The minimum absolute atomic E-state index is 0.0155. The molecule has 0 aliphatic carbocycles. The summed E-state index contributed by atoms with van der Waals surface area (Å²) in [6, 6.07) is 12.9. The molecule has 0 spiro atoms. The van der Waals surface area contributed by atoms with Crippen LogP contribution in [0.25, 0.3) is 0 Å². The Labute approximate surface area is 206 Å². The molecule has 0 aliphatic rings. The highest BCUT2D eigenvalue weighted by molar-refractivity contribution is 7.93. The Hall–Kier alpha value is -3.24. The number of aryl methyl sites for hydroxylation is 2. The molecule has 6 nitrogen and oxygen atoms in total. The van der Waals surface area contributed by atoms with Gasteiger partial charge in [-0.05, 0) is 67.4 Å². The van der Waals surface area contributed by atoms with Crippen LogP contribution >= 0.6 is 11.6 Å². The molecule has 0 radical (unpaired) electrons. The molecule has 0 atom stereocenters. The van der Waals surface area contributed by atoms with E-state index in [1.165, 1.54) is 31.4 Å². The Bertz CT molecular complexity index is 1360. The summed E-state index contributed by atoms with van der Waals surface area (Å²) < 4.78 is 73.2. The van der Waals surface area contributed by atoms with Gasteiger partial charge in [-0.15, -0.1) is 0 Å². The van der Waals surface area contributed by atoms with Crippen molar-refractivity contribution in [1.29, 1.82) is 0 Å². The lowest BCUT2D eigenvalue weighted by Gasteiger charge is -2.26. The number of carbonyl (C=O) groups is 1. The quantitative estimate of drug-likeness (QED) is 0.421. The first-order valence-corrected chi connectivity index (χ1v) is 12.1. The number of ether oxygens (including phenoxy) is 1. The maximum Gasteiger partial charge on any atom is 0.416 e. The first-order valence-electron chi connectivity index (χ1n) is 10.2. The molecule has 3 aromatic carbocycles. The van der Waals surface area contributed by atoms with Crippen molar-refractivity contribution in [2.24, 2.45) is 0 Å². The Balaban J connectivity index is 2.08. The van der Waals surface area contributed by atoms with Crippen molar-refractivity contribution < 1.29 is 31.1 Å². The van der Waals surface area contributed by atoms with Crippen molar-refractivity contribution in [3.05, 3.63) is 82.4 Å². The third-order valence-corrected chi connectivity index (χ3v) is 7.29. The number of alkyl halides is 3. The van der Waals surface area contributed by atoms with Gasteiger partial charge in [-0.25, -0.2) is 8.42 Å². The molecule has 1 amide bonds. The average molecular weight is 527 g/mol. The number of methoxy groups -OCH3 is 1. The van der Waals surface area contributed by atoms with E-state index in [0.29, 0.717) is 26.6 Å². The molecule has 0 unspecified atom stereocenters. The molecule has 186 valence electrons. The topological polar surface area (TPSA) is 75.7 Å². The standard InChI is InChI=1S/C24H22ClF3N2O4S/c1-15-7-10-21(34-3)22(11-15)35(32,33)30(19-6-4-5-17(12-19)24(26,27)28)14-23(31)29-18-9-8-16(2)20(25)13-18/h4-13H,14H2,1-3H3,(H,29,31). The largest absolute Gasteiger partial charge is 0.495 e. The molecule has 0 saturated carbocycles. The molecule has 0 aliphatic heterocycles. The van der Waals surface area contributed by atoms with Crippen LogP contribution in [-0.2, 0) is 21.0 Å². The first-order chi connectivity index (χ1) is 16.3. The van der Waals surface area contributed by atoms with Gasteiger partial charge in [-0.1, -0.05) is 29.8 Å². The summed E-state index contributed by atoms with van der Waals surface area (Å²) in [6.07, 6.45) is -4.71. The molecule has 3 rings (SSSR count). The predicted molar refractivity (Wildman–Crippen MR) is 129 cm³/mol. The summed E-state index contributed by atoms with van der Waals surface area (Å²) in [7, 11) is -3.26. The third kappa shape index (κ3) is 6.07. The van der Waals surface area contributed by atoms with E-state index >= 15 is 0 Å². The van der Waals surface area contributed by atoms with Crippen LogP contribution in [0.1, 0.15) is 16.7 Å². The second-order valence-corrected chi connectivity index (χ2v) is 9.96. The highest BCUT2D eigenvalue weighted by atomic mass is 35.5. The Morgan fingerprint density at radius 3 is 2.40 bits per heavy atom. The highest BCUT2D eigenvalue weighted by Gasteiger charge is 2.34. The second-order valence-electron chi connectivity index (χ2n) is 7.73. The monoisotopic (exact) mass is 526 g/mol. The van der Waals surface area contributed by atoms with Gasteiger partial charge in [-0.3, -0.25) is 9.10 Å². The number of amides is 1. The average Bonchev–Trinajstić information content (AvgIpc) is 2.79. The molecule has 0 aromatic heterocycles. The summed E-state index contributed by atoms with van der Waals surface area (Å²) in [5.41, 5.74) is 0.259. The van der Waals surface area contributed by atoms with Crippen molar-refractivity contribution in [3.8, 4) is 5.75 Å². The van der Waals surface area contributed by atoms with Crippen LogP contribution in [0, 0.1) is 13.8 Å². The molecule has 3 aromatic rings. The number of hydrogen-bond acceptors (Lipinski definition) is 4. The van der Waals surface area contributed by atoms with Gasteiger partial charge in [0.15, 0.2) is 0 Å². The molecule has 0 bridgehead atoms. The molecule has 1 N–H and O–H groups in total. The molecule has 0 heterocycles. The van der Waals surface area contributed by atoms with Crippen LogP contribution in [0.3, 0.4) is 0 Å². The SMILES string of the molecule is COc1ccc(C)cc1S(=O)(=O)N(CC(=O)Nc1ccc(C)c(Cl)c1)c1cccc(C(F)(F)F)c1. The van der Waals surface area contributed by atoms with Crippen molar-refractivity contribution >= 4 is 38.9 Å². The zero-order valence-corrected chi connectivity index (χ0v) is 20.6. The lowest BCUT2D eigenvalue weighted by atomic mass is 10.2. The van der Waals surface area contributed by atoms with E-state index in [2.05, 4.69) is 5.32 Å².